The quantitative estimate of drug-likeness (QED) is 0.144. The summed E-state index contributed by atoms with van der Waals surface area (Å²) in [5.74, 6) is -2.22. The van der Waals surface area contributed by atoms with Crippen molar-refractivity contribution < 1.29 is 59.0 Å². The summed E-state index contributed by atoms with van der Waals surface area (Å²) in [7, 11) is -4.85. The number of rotatable bonds is 9. The number of aliphatic hydroxyl groups is 6. The molecule has 0 radical (unpaired) electrons. The number of phosphoric ester groups is 1. The summed E-state index contributed by atoms with van der Waals surface area (Å²) in [6.07, 6.45) is -8.19. The molecular formula is C10H21O12P. The van der Waals surface area contributed by atoms with E-state index in [1.54, 1.807) is 0 Å². The van der Waals surface area contributed by atoms with E-state index in [-0.39, 0.29) is 0 Å². The van der Waals surface area contributed by atoms with Crippen molar-refractivity contribution in [3.63, 3.8) is 0 Å². The maximum atomic E-state index is 10.5. The summed E-state index contributed by atoms with van der Waals surface area (Å²) in [5, 5.41) is 57.2. The highest BCUT2D eigenvalue weighted by molar-refractivity contribution is 7.46. The maximum Gasteiger partial charge on any atom is 0.469 e. The maximum absolute atomic E-state index is 10.5. The average molecular weight is 364 g/mol. The van der Waals surface area contributed by atoms with Crippen molar-refractivity contribution in [2.45, 2.75) is 36.3 Å². The van der Waals surface area contributed by atoms with Crippen molar-refractivity contribution in [1.29, 1.82) is 0 Å². The molecule has 0 aromatic carbocycles. The van der Waals surface area contributed by atoms with Gasteiger partial charge in [0.1, 0.15) is 37.1 Å². The van der Waals surface area contributed by atoms with Gasteiger partial charge in [-0.25, -0.2) is 4.57 Å². The molecule has 23 heavy (non-hydrogen) atoms. The molecule has 0 aromatic rings. The Labute approximate surface area is 130 Å². The lowest BCUT2D eigenvalue weighted by molar-refractivity contribution is -0.255. The van der Waals surface area contributed by atoms with Crippen molar-refractivity contribution in [1.82, 2.24) is 0 Å². The SMILES string of the molecule is O=P(O)(O)OCC(O)C(O)C(O)COC1(O)CO[C@H](CO)[C@@H]1O. The van der Waals surface area contributed by atoms with E-state index in [9.17, 15) is 30.1 Å². The second kappa shape index (κ2) is 8.25. The Balaban J connectivity index is 2.46. The largest absolute Gasteiger partial charge is 0.469 e. The third-order valence-electron chi connectivity index (χ3n) is 3.20. The van der Waals surface area contributed by atoms with E-state index < -0.39 is 70.6 Å². The molecule has 8 N–H and O–H groups in total. The van der Waals surface area contributed by atoms with E-state index in [0.29, 0.717) is 0 Å². The van der Waals surface area contributed by atoms with Gasteiger partial charge in [-0.05, 0) is 0 Å². The van der Waals surface area contributed by atoms with Gasteiger partial charge >= 0.3 is 7.82 Å². The first-order valence-electron chi connectivity index (χ1n) is 6.51. The molecule has 0 aliphatic carbocycles. The number of phosphoric acid groups is 1. The molecule has 1 heterocycles. The third kappa shape index (κ3) is 5.98. The summed E-state index contributed by atoms with van der Waals surface area (Å²) in [4.78, 5) is 16.9. The Morgan fingerprint density at radius 2 is 1.78 bits per heavy atom. The van der Waals surface area contributed by atoms with Gasteiger partial charge in [0, 0.05) is 0 Å². The van der Waals surface area contributed by atoms with E-state index in [1.807, 2.05) is 0 Å². The Kier molecular flexibility index (Phi) is 7.47. The zero-order valence-electron chi connectivity index (χ0n) is 11.9. The number of hydrogen-bond donors (Lipinski definition) is 8. The Hall–Kier alpha value is -0.210. The Bertz CT molecular complexity index is 415. The first kappa shape index (κ1) is 20.8. The molecule has 0 spiro atoms. The van der Waals surface area contributed by atoms with Crippen LogP contribution in [0.2, 0.25) is 0 Å². The molecule has 1 rings (SSSR count). The summed E-state index contributed by atoms with van der Waals surface area (Å²) in [6, 6.07) is 0. The van der Waals surface area contributed by atoms with Crippen LogP contribution in [0.3, 0.4) is 0 Å². The molecule has 0 saturated carbocycles. The Morgan fingerprint density at radius 3 is 2.26 bits per heavy atom. The summed E-state index contributed by atoms with van der Waals surface area (Å²) < 4.78 is 24.2. The van der Waals surface area contributed by atoms with Gasteiger partial charge in [0.25, 0.3) is 0 Å². The van der Waals surface area contributed by atoms with Gasteiger partial charge in [0.05, 0.1) is 19.8 Å². The molecule has 0 amide bonds. The van der Waals surface area contributed by atoms with Gasteiger partial charge in [-0.3, -0.25) is 4.52 Å². The lowest BCUT2D eigenvalue weighted by Crippen LogP contribution is -2.50. The van der Waals surface area contributed by atoms with Crippen LogP contribution in [0, 0.1) is 0 Å². The van der Waals surface area contributed by atoms with Gasteiger partial charge < -0.3 is 49.9 Å². The molecular weight excluding hydrogens is 343 g/mol. The standard InChI is InChI=1S/C10H21O12P/c11-1-7-9(15)10(16,4-20-7)21-2-5(12)8(14)6(13)3-22-23(17,18)19/h5-9,11-16H,1-4H2,(H2,17,18,19)/t5?,6?,7-,8?,9+,10?/m1/s1. The van der Waals surface area contributed by atoms with Gasteiger partial charge in [0.15, 0.2) is 0 Å². The second-order valence-electron chi connectivity index (χ2n) is 5.04. The molecule has 138 valence electrons. The highest BCUT2D eigenvalue weighted by Gasteiger charge is 2.49. The summed E-state index contributed by atoms with van der Waals surface area (Å²) in [6.45, 7) is -2.77. The molecule has 0 aromatic heterocycles. The van der Waals surface area contributed by atoms with E-state index >= 15 is 0 Å². The fourth-order valence-corrected chi connectivity index (χ4v) is 2.18. The highest BCUT2D eigenvalue weighted by Crippen LogP contribution is 2.35. The molecule has 4 unspecified atom stereocenters. The minimum Gasteiger partial charge on any atom is -0.394 e. The minimum atomic E-state index is -4.85. The van der Waals surface area contributed by atoms with Crippen molar-refractivity contribution >= 4 is 7.82 Å². The molecule has 1 aliphatic heterocycles. The van der Waals surface area contributed by atoms with Crippen molar-refractivity contribution in [2.75, 3.05) is 26.4 Å². The molecule has 13 heteroatoms. The molecule has 12 nitrogen and oxygen atoms in total. The smallest absolute Gasteiger partial charge is 0.394 e. The zero-order valence-corrected chi connectivity index (χ0v) is 12.8. The summed E-state index contributed by atoms with van der Waals surface area (Å²) >= 11 is 0. The fraction of sp³-hybridized carbons (Fsp3) is 1.00. The van der Waals surface area contributed by atoms with Crippen molar-refractivity contribution in [2.24, 2.45) is 0 Å². The molecule has 1 saturated heterocycles. The van der Waals surface area contributed by atoms with Crippen molar-refractivity contribution in [3.8, 4) is 0 Å². The van der Waals surface area contributed by atoms with Crippen LogP contribution in [0.1, 0.15) is 0 Å². The van der Waals surface area contributed by atoms with E-state index in [4.69, 9.17) is 24.4 Å². The third-order valence-corrected chi connectivity index (χ3v) is 3.69. The van der Waals surface area contributed by atoms with E-state index in [1.165, 1.54) is 0 Å². The lowest BCUT2D eigenvalue weighted by atomic mass is 10.1. The molecule has 6 atom stereocenters. The zero-order chi connectivity index (χ0) is 17.8. The van der Waals surface area contributed by atoms with Crippen LogP contribution >= 0.6 is 7.82 Å². The molecule has 0 bridgehead atoms. The van der Waals surface area contributed by atoms with Crippen LogP contribution in [0.5, 0.6) is 0 Å². The molecule has 1 fully saturated rings. The first-order chi connectivity index (χ1) is 10.5. The summed E-state index contributed by atoms with van der Waals surface area (Å²) in [5.41, 5.74) is 0. The molecule has 1 aliphatic rings. The highest BCUT2D eigenvalue weighted by atomic mass is 31.2. The van der Waals surface area contributed by atoms with Crippen LogP contribution in [0.4, 0.5) is 0 Å². The van der Waals surface area contributed by atoms with Crippen LogP contribution in [0.25, 0.3) is 0 Å². The second-order valence-corrected chi connectivity index (χ2v) is 6.28. The Morgan fingerprint density at radius 1 is 1.22 bits per heavy atom. The minimum absolute atomic E-state index is 0.494. The van der Waals surface area contributed by atoms with Gasteiger partial charge in [0.2, 0.25) is 5.79 Å². The predicted octanol–water partition coefficient (Wildman–Crippen LogP) is -4.36. The van der Waals surface area contributed by atoms with Crippen LogP contribution in [-0.2, 0) is 18.6 Å². The monoisotopic (exact) mass is 364 g/mol. The first-order valence-corrected chi connectivity index (χ1v) is 8.04. The van der Waals surface area contributed by atoms with Crippen LogP contribution in [0.15, 0.2) is 0 Å². The fourth-order valence-electron chi connectivity index (χ4n) is 1.83. The van der Waals surface area contributed by atoms with E-state index in [0.717, 1.165) is 0 Å². The van der Waals surface area contributed by atoms with E-state index in [2.05, 4.69) is 4.52 Å². The number of aliphatic hydroxyl groups excluding tert-OH is 5. The van der Waals surface area contributed by atoms with Gasteiger partial charge in [-0.1, -0.05) is 0 Å². The van der Waals surface area contributed by atoms with Gasteiger partial charge in [-0.2, -0.15) is 0 Å². The topological polar surface area (TPSA) is 207 Å². The number of ether oxygens (including phenoxy) is 2. The van der Waals surface area contributed by atoms with Crippen LogP contribution in [-0.4, -0.2) is 103 Å². The average Bonchev–Trinajstić information content (AvgIpc) is 2.76. The predicted molar refractivity (Wildman–Crippen MR) is 69.8 cm³/mol. The normalized spacial score (nSPS) is 32.7. The van der Waals surface area contributed by atoms with Crippen LogP contribution < -0.4 is 0 Å². The number of hydrogen-bond acceptors (Lipinski definition) is 10. The lowest BCUT2D eigenvalue weighted by Gasteiger charge is -2.29. The van der Waals surface area contributed by atoms with Gasteiger partial charge in [-0.15, -0.1) is 0 Å². The van der Waals surface area contributed by atoms with Crippen molar-refractivity contribution in [3.05, 3.63) is 0 Å².